The standard InChI is InChI=1S/C11H19N3S/c1-3-14-5-4-9(7-14)11-13-10(6-12-2)8-15-11/h8-9,12H,3-7H2,1-2H3. The van der Waals surface area contributed by atoms with Crippen LogP contribution in [0.25, 0.3) is 0 Å². The minimum absolute atomic E-state index is 0.681. The summed E-state index contributed by atoms with van der Waals surface area (Å²) < 4.78 is 0. The van der Waals surface area contributed by atoms with Gasteiger partial charge in [-0.05, 0) is 26.6 Å². The minimum atomic E-state index is 0.681. The van der Waals surface area contributed by atoms with Crippen molar-refractivity contribution in [3.05, 3.63) is 16.1 Å². The molecule has 15 heavy (non-hydrogen) atoms. The van der Waals surface area contributed by atoms with Crippen LogP contribution in [-0.4, -0.2) is 36.6 Å². The van der Waals surface area contributed by atoms with Gasteiger partial charge in [-0.3, -0.25) is 0 Å². The Kier molecular flexibility index (Phi) is 3.72. The van der Waals surface area contributed by atoms with Crippen LogP contribution in [0.5, 0.6) is 0 Å². The van der Waals surface area contributed by atoms with E-state index in [4.69, 9.17) is 0 Å². The van der Waals surface area contributed by atoms with E-state index in [1.807, 2.05) is 18.4 Å². The van der Waals surface area contributed by atoms with E-state index >= 15 is 0 Å². The largest absolute Gasteiger partial charge is 0.314 e. The second-order valence-corrected chi connectivity index (χ2v) is 4.98. The highest BCUT2D eigenvalue weighted by Crippen LogP contribution is 2.29. The summed E-state index contributed by atoms with van der Waals surface area (Å²) in [4.78, 5) is 7.18. The van der Waals surface area contributed by atoms with Gasteiger partial charge < -0.3 is 10.2 Å². The summed E-state index contributed by atoms with van der Waals surface area (Å²) in [5, 5.41) is 6.65. The molecule has 1 N–H and O–H groups in total. The van der Waals surface area contributed by atoms with E-state index in [0.717, 1.165) is 6.54 Å². The van der Waals surface area contributed by atoms with E-state index in [-0.39, 0.29) is 0 Å². The highest BCUT2D eigenvalue weighted by molar-refractivity contribution is 7.09. The predicted octanol–water partition coefficient (Wildman–Crippen LogP) is 1.67. The molecule has 1 saturated heterocycles. The molecule has 2 rings (SSSR count). The van der Waals surface area contributed by atoms with E-state index in [2.05, 4.69) is 27.5 Å². The fourth-order valence-corrected chi connectivity index (χ4v) is 3.04. The molecule has 4 heteroatoms. The van der Waals surface area contributed by atoms with Crippen molar-refractivity contribution in [1.29, 1.82) is 0 Å². The van der Waals surface area contributed by atoms with Crippen LogP contribution >= 0.6 is 11.3 Å². The normalized spacial score (nSPS) is 22.4. The minimum Gasteiger partial charge on any atom is -0.314 e. The number of rotatable bonds is 4. The highest BCUT2D eigenvalue weighted by Gasteiger charge is 2.24. The van der Waals surface area contributed by atoms with Crippen LogP contribution in [0.3, 0.4) is 0 Å². The lowest BCUT2D eigenvalue weighted by Crippen LogP contribution is -2.19. The fourth-order valence-electron chi connectivity index (χ4n) is 2.09. The van der Waals surface area contributed by atoms with Crippen LogP contribution in [0.4, 0.5) is 0 Å². The van der Waals surface area contributed by atoms with Gasteiger partial charge in [-0.1, -0.05) is 6.92 Å². The molecule has 0 aliphatic carbocycles. The topological polar surface area (TPSA) is 28.2 Å². The maximum atomic E-state index is 4.68. The Morgan fingerprint density at radius 3 is 3.20 bits per heavy atom. The molecular formula is C11H19N3S. The summed E-state index contributed by atoms with van der Waals surface area (Å²) in [5.74, 6) is 0.681. The quantitative estimate of drug-likeness (QED) is 0.845. The molecule has 84 valence electrons. The molecule has 0 saturated carbocycles. The van der Waals surface area contributed by atoms with Crippen molar-refractivity contribution in [2.45, 2.75) is 25.8 Å². The van der Waals surface area contributed by atoms with Crippen LogP contribution in [-0.2, 0) is 6.54 Å². The van der Waals surface area contributed by atoms with Gasteiger partial charge in [-0.2, -0.15) is 0 Å². The number of nitrogens with one attached hydrogen (secondary N) is 1. The van der Waals surface area contributed by atoms with Gasteiger partial charge in [0.1, 0.15) is 0 Å². The Morgan fingerprint density at radius 2 is 2.53 bits per heavy atom. The summed E-state index contributed by atoms with van der Waals surface area (Å²) in [6.07, 6.45) is 1.28. The Balaban J connectivity index is 1.97. The third kappa shape index (κ3) is 2.56. The van der Waals surface area contributed by atoms with Gasteiger partial charge in [0, 0.05) is 24.4 Å². The summed E-state index contributed by atoms with van der Waals surface area (Å²) >= 11 is 1.82. The zero-order valence-corrected chi connectivity index (χ0v) is 10.3. The van der Waals surface area contributed by atoms with E-state index in [9.17, 15) is 0 Å². The first-order chi connectivity index (χ1) is 7.33. The molecular weight excluding hydrogens is 206 g/mol. The average molecular weight is 225 g/mol. The number of hydrogen-bond donors (Lipinski definition) is 1. The lowest BCUT2D eigenvalue weighted by Gasteiger charge is -2.11. The van der Waals surface area contributed by atoms with Crippen LogP contribution in [0.1, 0.15) is 30.0 Å². The number of likely N-dealkylation sites (tertiary alicyclic amines) is 1. The van der Waals surface area contributed by atoms with Crippen molar-refractivity contribution in [2.75, 3.05) is 26.7 Å². The Bertz CT molecular complexity index is 311. The predicted molar refractivity (Wildman–Crippen MR) is 64.3 cm³/mol. The number of thiazole rings is 1. The van der Waals surface area contributed by atoms with Crippen molar-refractivity contribution >= 4 is 11.3 Å². The molecule has 3 nitrogen and oxygen atoms in total. The Labute approximate surface area is 95.5 Å². The van der Waals surface area contributed by atoms with Gasteiger partial charge in [0.15, 0.2) is 0 Å². The van der Waals surface area contributed by atoms with Crippen LogP contribution in [0.2, 0.25) is 0 Å². The third-order valence-corrected chi connectivity index (χ3v) is 4.05. The van der Waals surface area contributed by atoms with Crippen molar-refractivity contribution in [1.82, 2.24) is 15.2 Å². The van der Waals surface area contributed by atoms with E-state index in [0.29, 0.717) is 5.92 Å². The van der Waals surface area contributed by atoms with Gasteiger partial charge in [0.2, 0.25) is 0 Å². The number of nitrogens with zero attached hydrogens (tertiary/aromatic N) is 2. The smallest absolute Gasteiger partial charge is 0.0973 e. The lowest BCUT2D eigenvalue weighted by atomic mass is 10.1. The zero-order chi connectivity index (χ0) is 10.7. The first kappa shape index (κ1) is 11.0. The monoisotopic (exact) mass is 225 g/mol. The first-order valence-corrected chi connectivity index (χ1v) is 6.52. The van der Waals surface area contributed by atoms with Crippen molar-refractivity contribution in [3.63, 3.8) is 0 Å². The molecule has 1 aromatic rings. The van der Waals surface area contributed by atoms with Gasteiger partial charge in [-0.25, -0.2) is 4.98 Å². The number of aromatic nitrogens is 1. The van der Waals surface area contributed by atoms with Gasteiger partial charge in [0.25, 0.3) is 0 Å². The third-order valence-electron chi connectivity index (χ3n) is 3.00. The van der Waals surface area contributed by atoms with Gasteiger partial charge >= 0.3 is 0 Å². The maximum Gasteiger partial charge on any atom is 0.0973 e. The van der Waals surface area contributed by atoms with Crippen LogP contribution < -0.4 is 5.32 Å². The highest BCUT2D eigenvalue weighted by atomic mass is 32.1. The molecule has 0 amide bonds. The molecule has 0 aromatic carbocycles. The summed E-state index contributed by atoms with van der Waals surface area (Å²) in [6.45, 7) is 6.73. The Hall–Kier alpha value is -0.450. The van der Waals surface area contributed by atoms with E-state index < -0.39 is 0 Å². The molecule has 1 aliphatic rings. The second-order valence-electron chi connectivity index (χ2n) is 4.09. The average Bonchev–Trinajstić information content (AvgIpc) is 2.85. The van der Waals surface area contributed by atoms with Crippen LogP contribution in [0, 0.1) is 0 Å². The zero-order valence-electron chi connectivity index (χ0n) is 9.49. The second kappa shape index (κ2) is 5.05. The SMILES string of the molecule is CCN1CCC(c2nc(CNC)cs2)C1. The van der Waals surface area contributed by atoms with Gasteiger partial charge in [0.05, 0.1) is 10.7 Å². The molecule has 1 atom stereocenters. The number of likely N-dealkylation sites (N-methyl/N-ethyl adjacent to an activating group) is 1. The maximum absolute atomic E-state index is 4.68. The van der Waals surface area contributed by atoms with E-state index in [1.165, 1.54) is 36.8 Å². The first-order valence-electron chi connectivity index (χ1n) is 5.64. The molecule has 1 aromatic heterocycles. The molecule has 2 heterocycles. The van der Waals surface area contributed by atoms with Crippen LogP contribution in [0.15, 0.2) is 5.38 Å². The molecule has 1 fully saturated rings. The summed E-state index contributed by atoms with van der Waals surface area (Å²) in [6, 6.07) is 0. The summed E-state index contributed by atoms with van der Waals surface area (Å²) in [5.41, 5.74) is 1.19. The van der Waals surface area contributed by atoms with Crippen molar-refractivity contribution in [3.8, 4) is 0 Å². The number of hydrogen-bond acceptors (Lipinski definition) is 4. The lowest BCUT2D eigenvalue weighted by molar-refractivity contribution is 0.354. The molecule has 0 spiro atoms. The summed E-state index contributed by atoms with van der Waals surface area (Å²) in [7, 11) is 1.97. The van der Waals surface area contributed by atoms with Gasteiger partial charge in [-0.15, -0.1) is 11.3 Å². The molecule has 0 radical (unpaired) electrons. The molecule has 0 bridgehead atoms. The Morgan fingerprint density at radius 1 is 1.67 bits per heavy atom. The molecule has 1 aliphatic heterocycles. The fraction of sp³-hybridized carbons (Fsp3) is 0.727. The molecule has 1 unspecified atom stereocenters. The van der Waals surface area contributed by atoms with Crippen molar-refractivity contribution < 1.29 is 0 Å². The van der Waals surface area contributed by atoms with E-state index in [1.54, 1.807) is 0 Å². The van der Waals surface area contributed by atoms with Crippen molar-refractivity contribution in [2.24, 2.45) is 0 Å².